The molecule has 0 spiro atoms. The first-order valence-corrected chi connectivity index (χ1v) is 11.8. The van der Waals surface area contributed by atoms with Gasteiger partial charge in [-0.2, -0.15) is 0 Å². The minimum atomic E-state index is -0.361. The van der Waals surface area contributed by atoms with Crippen LogP contribution in [0.4, 0.5) is 8.78 Å². The van der Waals surface area contributed by atoms with E-state index in [0.29, 0.717) is 18.3 Å². The van der Waals surface area contributed by atoms with Crippen LogP contribution in [0.5, 0.6) is 0 Å². The smallest absolute Gasteiger partial charge is 0.129 e. The second kappa shape index (κ2) is 10.8. The maximum Gasteiger partial charge on any atom is 0.129 e. The fourth-order valence-corrected chi connectivity index (χ4v) is 5.73. The van der Waals surface area contributed by atoms with E-state index in [0.717, 1.165) is 36.7 Å². The number of halogens is 3. The molecule has 1 aromatic rings. The molecule has 0 bridgehead atoms. The van der Waals surface area contributed by atoms with Gasteiger partial charge in [0.15, 0.2) is 0 Å². The first-order valence-electron chi connectivity index (χ1n) is 11.3. The molecule has 0 aromatic heterocycles. The zero-order valence-corrected chi connectivity index (χ0v) is 18.0. The second-order valence-corrected chi connectivity index (χ2v) is 9.35. The predicted molar refractivity (Wildman–Crippen MR) is 115 cm³/mol. The molecular formula is C25H35ClF2. The van der Waals surface area contributed by atoms with E-state index in [9.17, 15) is 8.78 Å². The Morgan fingerprint density at radius 2 is 1.46 bits per heavy atom. The first kappa shape index (κ1) is 21.8. The Morgan fingerprint density at radius 1 is 0.893 bits per heavy atom. The van der Waals surface area contributed by atoms with Gasteiger partial charge in [0.05, 0.1) is 0 Å². The average Bonchev–Trinajstić information content (AvgIpc) is 2.70. The number of benzene rings is 1. The van der Waals surface area contributed by atoms with E-state index in [1.54, 1.807) is 17.7 Å². The fourth-order valence-electron chi connectivity index (χ4n) is 5.52. The number of hydrogen-bond donors (Lipinski definition) is 0. The lowest BCUT2D eigenvalue weighted by molar-refractivity contribution is 0.153. The lowest BCUT2D eigenvalue weighted by atomic mass is 9.68. The SMILES string of the molecule is CCCc1c(F)cc(CCC2CCC(C3CCC(/C=C/Cl)CC3)CC2)cc1F. The van der Waals surface area contributed by atoms with Crippen LogP contribution in [-0.2, 0) is 12.8 Å². The number of allylic oxidation sites excluding steroid dienone is 1. The van der Waals surface area contributed by atoms with Gasteiger partial charge in [-0.15, -0.1) is 0 Å². The summed E-state index contributed by atoms with van der Waals surface area (Å²) in [5.41, 5.74) is 2.76. The largest absolute Gasteiger partial charge is 0.207 e. The van der Waals surface area contributed by atoms with Crippen LogP contribution in [-0.4, -0.2) is 0 Å². The molecule has 2 fully saturated rings. The molecule has 3 heteroatoms. The monoisotopic (exact) mass is 408 g/mol. The van der Waals surface area contributed by atoms with Crippen molar-refractivity contribution in [3.63, 3.8) is 0 Å². The van der Waals surface area contributed by atoms with E-state index in [-0.39, 0.29) is 17.2 Å². The van der Waals surface area contributed by atoms with Crippen molar-refractivity contribution in [2.45, 2.75) is 84.0 Å². The van der Waals surface area contributed by atoms with Gasteiger partial charge in [-0.3, -0.25) is 0 Å². The van der Waals surface area contributed by atoms with Crippen molar-refractivity contribution in [1.29, 1.82) is 0 Å². The molecule has 0 aliphatic heterocycles. The topological polar surface area (TPSA) is 0 Å². The van der Waals surface area contributed by atoms with Crippen molar-refractivity contribution in [3.8, 4) is 0 Å². The highest BCUT2D eigenvalue weighted by Gasteiger charge is 2.30. The van der Waals surface area contributed by atoms with E-state index in [1.807, 2.05) is 6.92 Å². The third kappa shape index (κ3) is 5.81. The highest BCUT2D eigenvalue weighted by atomic mass is 35.5. The molecule has 2 aliphatic carbocycles. The van der Waals surface area contributed by atoms with Gasteiger partial charge in [-0.25, -0.2) is 8.78 Å². The summed E-state index contributed by atoms with van der Waals surface area (Å²) in [5, 5.41) is 0. The molecular weight excluding hydrogens is 374 g/mol. The molecule has 0 amide bonds. The molecule has 1 aromatic carbocycles. The molecule has 0 unspecified atom stereocenters. The first-order chi connectivity index (χ1) is 13.6. The van der Waals surface area contributed by atoms with Gasteiger partial charge < -0.3 is 0 Å². The normalized spacial score (nSPS) is 28.7. The molecule has 0 nitrogen and oxygen atoms in total. The van der Waals surface area contributed by atoms with Crippen LogP contribution in [0.2, 0.25) is 0 Å². The Morgan fingerprint density at radius 3 is 2.00 bits per heavy atom. The van der Waals surface area contributed by atoms with Crippen LogP contribution in [0.15, 0.2) is 23.7 Å². The standard InChI is InChI=1S/C25H35ClF2/c1-2-3-23-24(27)16-20(17-25(23)28)5-4-18-6-10-21(11-7-18)22-12-8-19(9-13-22)14-15-26/h14-19,21-22H,2-13H2,1H3/b15-14+. The molecule has 0 heterocycles. The molecule has 2 saturated carbocycles. The molecule has 156 valence electrons. The van der Waals surface area contributed by atoms with Crippen molar-refractivity contribution in [3.05, 3.63) is 46.5 Å². The van der Waals surface area contributed by atoms with Crippen LogP contribution in [0, 0.1) is 35.3 Å². The van der Waals surface area contributed by atoms with E-state index >= 15 is 0 Å². The molecule has 0 saturated heterocycles. The molecule has 0 radical (unpaired) electrons. The molecule has 3 rings (SSSR count). The minimum Gasteiger partial charge on any atom is -0.207 e. The fraction of sp³-hybridized carbons (Fsp3) is 0.680. The van der Waals surface area contributed by atoms with Gasteiger partial charge in [0, 0.05) is 11.1 Å². The van der Waals surface area contributed by atoms with Gasteiger partial charge in [-0.1, -0.05) is 43.9 Å². The van der Waals surface area contributed by atoms with Crippen molar-refractivity contribution in [2.24, 2.45) is 23.7 Å². The zero-order valence-electron chi connectivity index (χ0n) is 17.2. The van der Waals surface area contributed by atoms with Crippen LogP contribution >= 0.6 is 11.6 Å². The lowest BCUT2D eigenvalue weighted by Crippen LogP contribution is -2.25. The summed E-state index contributed by atoms with van der Waals surface area (Å²) in [6.45, 7) is 1.95. The van der Waals surface area contributed by atoms with Crippen molar-refractivity contribution < 1.29 is 8.78 Å². The summed E-state index contributed by atoms with van der Waals surface area (Å²) < 4.78 is 28.3. The Labute approximate surface area is 174 Å². The van der Waals surface area contributed by atoms with Crippen LogP contribution in [0.3, 0.4) is 0 Å². The van der Waals surface area contributed by atoms with Crippen molar-refractivity contribution in [1.82, 2.24) is 0 Å². The maximum atomic E-state index is 14.1. The predicted octanol–water partition coefficient (Wildman–Crippen LogP) is 8.22. The second-order valence-electron chi connectivity index (χ2n) is 9.10. The van der Waals surface area contributed by atoms with E-state index in [1.165, 1.54) is 51.4 Å². The number of rotatable bonds is 7. The molecule has 0 N–H and O–H groups in total. The Bertz CT molecular complexity index is 615. The summed E-state index contributed by atoms with van der Waals surface area (Å²) >= 11 is 5.73. The number of aryl methyl sites for hydroxylation is 1. The molecule has 2 aliphatic rings. The third-order valence-electron chi connectivity index (χ3n) is 7.26. The van der Waals surface area contributed by atoms with Crippen LogP contribution < -0.4 is 0 Å². The van der Waals surface area contributed by atoms with Crippen molar-refractivity contribution >= 4 is 11.6 Å². The quantitative estimate of drug-likeness (QED) is 0.426. The summed E-state index contributed by atoms with van der Waals surface area (Å²) in [6.07, 6.45) is 15.8. The summed E-state index contributed by atoms with van der Waals surface area (Å²) in [4.78, 5) is 0. The van der Waals surface area contributed by atoms with Crippen LogP contribution in [0.25, 0.3) is 0 Å². The molecule has 0 atom stereocenters. The van der Waals surface area contributed by atoms with Crippen LogP contribution in [0.1, 0.15) is 82.3 Å². The summed E-state index contributed by atoms with van der Waals surface area (Å²) in [7, 11) is 0. The Balaban J connectivity index is 1.43. The Hall–Kier alpha value is -0.890. The maximum absolute atomic E-state index is 14.1. The summed E-state index contributed by atoms with van der Waals surface area (Å²) in [6, 6.07) is 3.13. The number of hydrogen-bond acceptors (Lipinski definition) is 0. The van der Waals surface area contributed by atoms with Gasteiger partial charge in [-0.05, 0) is 99.2 Å². The Kier molecular flexibility index (Phi) is 8.38. The van der Waals surface area contributed by atoms with Gasteiger partial charge >= 0.3 is 0 Å². The summed E-state index contributed by atoms with van der Waals surface area (Å²) in [5.74, 6) is 2.47. The average molecular weight is 409 g/mol. The van der Waals surface area contributed by atoms with Gasteiger partial charge in [0.2, 0.25) is 0 Å². The van der Waals surface area contributed by atoms with Gasteiger partial charge in [0.25, 0.3) is 0 Å². The minimum absolute atomic E-state index is 0.253. The highest BCUT2D eigenvalue weighted by Crippen LogP contribution is 2.42. The van der Waals surface area contributed by atoms with E-state index in [2.05, 4.69) is 6.08 Å². The third-order valence-corrected chi connectivity index (χ3v) is 7.41. The van der Waals surface area contributed by atoms with E-state index in [4.69, 9.17) is 11.6 Å². The highest BCUT2D eigenvalue weighted by molar-refractivity contribution is 6.25. The van der Waals surface area contributed by atoms with Crippen molar-refractivity contribution in [2.75, 3.05) is 0 Å². The molecule has 28 heavy (non-hydrogen) atoms. The van der Waals surface area contributed by atoms with E-state index < -0.39 is 0 Å². The lowest BCUT2D eigenvalue weighted by Gasteiger charge is -2.37. The van der Waals surface area contributed by atoms with Gasteiger partial charge in [0.1, 0.15) is 11.6 Å². The zero-order chi connectivity index (χ0) is 19.9.